The molecule has 2 aromatic rings. The van der Waals surface area contributed by atoms with Gasteiger partial charge >= 0.3 is 0 Å². The van der Waals surface area contributed by atoms with Gasteiger partial charge in [-0.2, -0.15) is 0 Å². The molecule has 0 unspecified atom stereocenters. The van der Waals surface area contributed by atoms with Crippen LogP contribution in [0.2, 0.25) is 0 Å². The maximum Gasteiger partial charge on any atom is 0.109 e. The molecule has 0 aliphatic heterocycles. The van der Waals surface area contributed by atoms with Crippen molar-refractivity contribution in [2.45, 2.75) is 0 Å². The van der Waals surface area contributed by atoms with E-state index >= 15 is 0 Å². The van der Waals surface area contributed by atoms with E-state index in [1.807, 2.05) is 12.1 Å². The van der Waals surface area contributed by atoms with Crippen LogP contribution in [0.25, 0.3) is 10.1 Å². The summed E-state index contributed by atoms with van der Waals surface area (Å²) in [5.41, 5.74) is 0. The first-order chi connectivity index (χ1) is 4.88. The molecule has 0 nitrogen and oxygen atoms in total. The van der Waals surface area contributed by atoms with Crippen molar-refractivity contribution in [1.82, 2.24) is 0 Å². The van der Waals surface area contributed by atoms with E-state index < -0.39 is 0 Å². The molecule has 0 fully saturated rings. The Kier molecular flexibility index (Phi) is 1.56. The summed E-state index contributed by atoms with van der Waals surface area (Å²) in [7, 11) is 3.43. The lowest BCUT2D eigenvalue weighted by Gasteiger charge is -1.81. The zero-order valence-corrected chi connectivity index (χ0v) is 7.48. The summed E-state index contributed by atoms with van der Waals surface area (Å²) in [5, 5.41) is 1.23. The SMILES string of the molecule is S=c1ssc2ccccc12. The number of rotatable bonds is 0. The topological polar surface area (TPSA) is 0 Å². The van der Waals surface area contributed by atoms with Crippen LogP contribution in [0, 0.1) is 3.82 Å². The van der Waals surface area contributed by atoms with Crippen LogP contribution in [0.4, 0.5) is 0 Å². The van der Waals surface area contributed by atoms with E-state index in [2.05, 4.69) is 12.1 Å². The minimum absolute atomic E-state index is 1.01. The van der Waals surface area contributed by atoms with E-state index in [1.54, 1.807) is 20.7 Å². The highest BCUT2D eigenvalue weighted by Gasteiger charge is 1.94. The second-order valence-electron chi connectivity index (χ2n) is 1.95. The first kappa shape index (κ1) is 6.46. The molecule has 0 N–H and O–H groups in total. The van der Waals surface area contributed by atoms with Crippen molar-refractivity contribution in [1.29, 1.82) is 0 Å². The fourth-order valence-corrected chi connectivity index (χ4v) is 3.48. The zero-order chi connectivity index (χ0) is 6.97. The zero-order valence-electron chi connectivity index (χ0n) is 5.03. The lowest BCUT2D eigenvalue weighted by Crippen LogP contribution is -1.58. The normalized spacial score (nSPS) is 10.4. The van der Waals surface area contributed by atoms with Crippen molar-refractivity contribution in [2.75, 3.05) is 0 Å². The maximum absolute atomic E-state index is 5.12. The van der Waals surface area contributed by atoms with Crippen molar-refractivity contribution < 1.29 is 0 Å². The van der Waals surface area contributed by atoms with Crippen LogP contribution >= 0.6 is 32.9 Å². The van der Waals surface area contributed by atoms with Gasteiger partial charge in [0, 0.05) is 10.1 Å². The van der Waals surface area contributed by atoms with Crippen molar-refractivity contribution in [3.63, 3.8) is 0 Å². The number of hydrogen-bond acceptors (Lipinski definition) is 3. The lowest BCUT2D eigenvalue weighted by atomic mass is 10.3. The molecular weight excluding hydrogens is 180 g/mol. The van der Waals surface area contributed by atoms with Gasteiger partial charge in [-0.05, 0) is 6.07 Å². The highest BCUT2D eigenvalue weighted by molar-refractivity contribution is 7.81. The quantitative estimate of drug-likeness (QED) is 0.444. The lowest BCUT2D eigenvalue weighted by molar-refractivity contribution is 1.86. The highest BCUT2D eigenvalue weighted by Crippen LogP contribution is 2.26. The minimum Gasteiger partial charge on any atom is -0.0785 e. The van der Waals surface area contributed by atoms with Gasteiger partial charge in [0.25, 0.3) is 0 Å². The molecule has 50 valence electrons. The molecule has 0 radical (unpaired) electrons. The monoisotopic (exact) mass is 184 g/mol. The van der Waals surface area contributed by atoms with Crippen LogP contribution < -0.4 is 0 Å². The molecule has 3 heteroatoms. The Labute approximate surface area is 71.1 Å². The van der Waals surface area contributed by atoms with E-state index in [4.69, 9.17) is 12.2 Å². The van der Waals surface area contributed by atoms with Gasteiger partial charge < -0.3 is 0 Å². The Hall–Kier alpha value is -0.250. The number of fused-ring (bicyclic) bond motifs is 1. The summed E-state index contributed by atoms with van der Waals surface area (Å²) < 4.78 is 2.32. The standard InChI is InChI=1S/C7H4S3/c8-7-5-3-1-2-4-6(5)9-10-7/h1-4H. The van der Waals surface area contributed by atoms with Gasteiger partial charge in [-0.1, -0.05) is 51.1 Å². The number of benzene rings is 1. The maximum atomic E-state index is 5.12. The number of hydrogen-bond donors (Lipinski definition) is 0. The second-order valence-corrected chi connectivity index (χ2v) is 4.80. The van der Waals surface area contributed by atoms with Crippen LogP contribution in [-0.4, -0.2) is 0 Å². The smallest absolute Gasteiger partial charge is 0.0785 e. The Morgan fingerprint density at radius 2 is 1.90 bits per heavy atom. The summed E-state index contributed by atoms with van der Waals surface area (Å²) in [6.45, 7) is 0. The molecule has 1 aromatic heterocycles. The molecule has 0 aliphatic carbocycles. The van der Waals surface area contributed by atoms with Gasteiger partial charge in [0.1, 0.15) is 3.82 Å². The molecular formula is C7H4S3. The summed E-state index contributed by atoms with van der Waals surface area (Å²) in [6.07, 6.45) is 0. The van der Waals surface area contributed by atoms with E-state index in [9.17, 15) is 0 Å². The average Bonchev–Trinajstić information content (AvgIpc) is 2.34. The molecule has 0 saturated carbocycles. The van der Waals surface area contributed by atoms with E-state index in [-0.39, 0.29) is 0 Å². The molecule has 1 aromatic carbocycles. The van der Waals surface area contributed by atoms with Crippen LogP contribution in [-0.2, 0) is 0 Å². The largest absolute Gasteiger partial charge is 0.109 e. The van der Waals surface area contributed by atoms with Gasteiger partial charge in [0.15, 0.2) is 0 Å². The molecule has 0 atom stereocenters. The van der Waals surface area contributed by atoms with E-state index in [0.29, 0.717) is 0 Å². The third kappa shape index (κ3) is 0.905. The summed E-state index contributed by atoms with van der Waals surface area (Å²) in [5.74, 6) is 0. The minimum atomic E-state index is 1.01. The van der Waals surface area contributed by atoms with Crippen molar-refractivity contribution >= 4 is 43.0 Å². The van der Waals surface area contributed by atoms with Gasteiger partial charge in [0.2, 0.25) is 0 Å². The fourth-order valence-electron chi connectivity index (χ4n) is 0.836. The van der Waals surface area contributed by atoms with Gasteiger partial charge in [-0.3, -0.25) is 0 Å². The van der Waals surface area contributed by atoms with Crippen LogP contribution in [0.5, 0.6) is 0 Å². The van der Waals surface area contributed by atoms with Gasteiger partial charge in [-0.15, -0.1) is 0 Å². The van der Waals surface area contributed by atoms with Crippen molar-refractivity contribution in [2.24, 2.45) is 0 Å². The summed E-state index contributed by atoms with van der Waals surface area (Å²) in [4.78, 5) is 0. The van der Waals surface area contributed by atoms with Gasteiger partial charge in [-0.25, -0.2) is 0 Å². The Morgan fingerprint density at radius 3 is 2.70 bits per heavy atom. The predicted molar refractivity (Wildman–Crippen MR) is 50.5 cm³/mol. The average molecular weight is 184 g/mol. The molecule has 2 rings (SSSR count). The van der Waals surface area contributed by atoms with Crippen LogP contribution in [0.1, 0.15) is 0 Å². The van der Waals surface area contributed by atoms with E-state index in [0.717, 1.165) is 3.82 Å². The first-order valence-electron chi connectivity index (χ1n) is 2.86. The second kappa shape index (κ2) is 2.42. The molecule has 0 spiro atoms. The van der Waals surface area contributed by atoms with Crippen molar-refractivity contribution in [3.05, 3.63) is 28.1 Å². The molecule has 10 heavy (non-hydrogen) atoms. The summed E-state index contributed by atoms with van der Waals surface area (Å²) in [6, 6.07) is 8.24. The summed E-state index contributed by atoms with van der Waals surface area (Å²) >= 11 is 5.12. The van der Waals surface area contributed by atoms with Crippen LogP contribution in [0.3, 0.4) is 0 Å². The Morgan fingerprint density at radius 1 is 1.10 bits per heavy atom. The molecule has 0 amide bonds. The fraction of sp³-hybridized carbons (Fsp3) is 0. The third-order valence-electron chi connectivity index (χ3n) is 1.31. The highest BCUT2D eigenvalue weighted by atomic mass is 32.9. The predicted octanol–water partition coefficient (Wildman–Crippen LogP) is 3.69. The van der Waals surface area contributed by atoms with Crippen LogP contribution in [0.15, 0.2) is 24.3 Å². The third-order valence-corrected chi connectivity index (χ3v) is 4.38. The van der Waals surface area contributed by atoms with Gasteiger partial charge in [0.05, 0.1) is 0 Å². The Balaban J connectivity index is 3.07. The van der Waals surface area contributed by atoms with Crippen molar-refractivity contribution in [3.8, 4) is 0 Å². The van der Waals surface area contributed by atoms with E-state index in [1.165, 1.54) is 10.1 Å². The first-order valence-corrected chi connectivity index (χ1v) is 5.41. The Bertz CT molecular complexity index is 396. The molecule has 0 saturated heterocycles. The molecule has 1 heterocycles. The molecule has 0 aliphatic rings. The molecule has 0 bridgehead atoms.